The van der Waals surface area contributed by atoms with Crippen LogP contribution < -0.4 is 16.4 Å². The average molecular weight is 345 g/mol. The molecule has 0 saturated carbocycles. The zero-order chi connectivity index (χ0) is 18.5. The largest absolute Gasteiger partial charge is 0.431 e. The number of carbonyl (C=O) groups is 4. The van der Waals surface area contributed by atoms with E-state index >= 15 is 0 Å². The minimum absolute atomic E-state index is 0.00441. The van der Waals surface area contributed by atoms with Crippen LogP contribution in [0.25, 0.3) is 0 Å². The van der Waals surface area contributed by atoms with Crippen LogP contribution in [-0.2, 0) is 19.2 Å². The number of nitrogens with zero attached hydrogens (tertiary/aromatic N) is 2. The third-order valence-corrected chi connectivity index (χ3v) is 3.00. The van der Waals surface area contributed by atoms with E-state index in [0.29, 0.717) is 6.54 Å². The highest BCUT2D eigenvalue weighted by atomic mass is 16.7. The van der Waals surface area contributed by atoms with Gasteiger partial charge in [-0.15, -0.1) is 0 Å². The molecular formula is C14H27N5O5. The molecule has 4 N–H and O–H groups in total. The van der Waals surface area contributed by atoms with Gasteiger partial charge in [0.25, 0.3) is 5.91 Å². The Bertz CT molecular complexity index is 443. The Balaban J connectivity index is 4.42. The first-order valence-electron chi connectivity index (χ1n) is 7.84. The molecule has 0 aromatic rings. The Labute approximate surface area is 141 Å². The summed E-state index contributed by atoms with van der Waals surface area (Å²) in [5.74, 6) is -0.936. The molecule has 0 rings (SSSR count). The highest BCUT2D eigenvalue weighted by Gasteiger charge is 2.18. The number of rotatable bonds is 9. The van der Waals surface area contributed by atoms with E-state index in [4.69, 9.17) is 10.6 Å². The Morgan fingerprint density at radius 3 is 2.17 bits per heavy atom. The van der Waals surface area contributed by atoms with Gasteiger partial charge in [0, 0.05) is 39.5 Å². The number of nitrogens with one attached hydrogen (secondary N) is 2. The fourth-order valence-corrected chi connectivity index (χ4v) is 1.74. The van der Waals surface area contributed by atoms with Crippen molar-refractivity contribution < 1.29 is 24.0 Å². The molecule has 0 bridgehead atoms. The van der Waals surface area contributed by atoms with E-state index in [-0.39, 0.29) is 50.8 Å². The van der Waals surface area contributed by atoms with Crippen molar-refractivity contribution in [1.82, 2.24) is 20.6 Å². The topological polar surface area (TPSA) is 134 Å². The van der Waals surface area contributed by atoms with E-state index in [0.717, 1.165) is 5.06 Å². The van der Waals surface area contributed by atoms with Gasteiger partial charge in [-0.2, -0.15) is 5.06 Å². The summed E-state index contributed by atoms with van der Waals surface area (Å²) in [6, 6.07) is 0. The predicted molar refractivity (Wildman–Crippen MR) is 86.5 cm³/mol. The van der Waals surface area contributed by atoms with Crippen LogP contribution in [0.1, 0.15) is 26.7 Å². The second-order valence-corrected chi connectivity index (χ2v) is 4.79. The maximum Gasteiger partial charge on any atom is 0.431 e. The molecule has 0 radical (unpaired) electrons. The number of hydrogen-bond donors (Lipinski definition) is 3. The number of amides is 4. The zero-order valence-electron chi connectivity index (χ0n) is 14.5. The number of nitrogens with two attached hydrogens (primary N) is 1. The lowest BCUT2D eigenvalue weighted by atomic mass is 10.3. The summed E-state index contributed by atoms with van der Waals surface area (Å²) in [5.41, 5.74) is 5.42. The summed E-state index contributed by atoms with van der Waals surface area (Å²) >= 11 is 0. The minimum Gasteiger partial charge on any atom is -0.353 e. The van der Waals surface area contributed by atoms with Gasteiger partial charge in [0.2, 0.25) is 11.8 Å². The molecule has 0 aliphatic heterocycles. The van der Waals surface area contributed by atoms with Crippen molar-refractivity contribution in [3.63, 3.8) is 0 Å². The standard InChI is InChI=1S/C14H27N5O5/c1-4-12(21)18(8-6-15)10-11(20)17-7-9-19(13(22)5-2)24-14(23)16-3/h4-10,15H2,1-3H3,(H,16,23)(H,17,20). The Morgan fingerprint density at radius 2 is 1.67 bits per heavy atom. The van der Waals surface area contributed by atoms with Gasteiger partial charge in [-0.05, 0) is 0 Å². The van der Waals surface area contributed by atoms with Crippen molar-refractivity contribution in [2.24, 2.45) is 5.73 Å². The van der Waals surface area contributed by atoms with Gasteiger partial charge in [0.1, 0.15) is 0 Å². The van der Waals surface area contributed by atoms with Gasteiger partial charge in [-0.1, -0.05) is 13.8 Å². The van der Waals surface area contributed by atoms with Crippen LogP contribution in [0.2, 0.25) is 0 Å². The predicted octanol–water partition coefficient (Wildman–Crippen LogP) is -1.19. The molecule has 0 spiro atoms. The monoisotopic (exact) mass is 345 g/mol. The number of carbonyl (C=O) groups excluding carboxylic acids is 4. The highest BCUT2D eigenvalue weighted by molar-refractivity contribution is 5.84. The van der Waals surface area contributed by atoms with E-state index in [2.05, 4.69) is 10.6 Å². The van der Waals surface area contributed by atoms with Gasteiger partial charge >= 0.3 is 6.09 Å². The summed E-state index contributed by atoms with van der Waals surface area (Å²) in [6.45, 7) is 3.86. The fraction of sp³-hybridized carbons (Fsp3) is 0.714. The third kappa shape index (κ3) is 8.32. The average Bonchev–Trinajstić information content (AvgIpc) is 2.58. The first-order valence-corrected chi connectivity index (χ1v) is 7.84. The molecule has 0 aliphatic rings. The maximum atomic E-state index is 11.9. The molecule has 0 aromatic carbocycles. The SMILES string of the molecule is CCC(=O)N(CCN)CC(=O)NCCN(OC(=O)NC)C(=O)CC. The lowest BCUT2D eigenvalue weighted by Gasteiger charge is -2.22. The van der Waals surface area contributed by atoms with Gasteiger partial charge < -0.3 is 26.1 Å². The van der Waals surface area contributed by atoms with E-state index in [9.17, 15) is 19.2 Å². The van der Waals surface area contributed by atoms with Crippen molar-refractivity contribution in [2.45, 2.75) is 26.7 Å². The Hall–Kier alpha value is -2.36. The number of hydroxylamine groups is 2. The summed E-state index contributed by atoms with van der Waals surface area (Å²) in [4.78, 5) is 52.6. The van der Waals surface area contributed by atoms with E-state index in [1.807, 2.05) is 0 Å². The van der Waals surface area contributed by atoms with Crippen molar-refractivity contribution >= 4 is 23.8 Å². The molecule has 10 heteroatoms. The van der Waals surface area contributed by atoms with Crippen LogP contribution in [0.3, 0.4) is 0 Å². The molecule has 0 aromatic heterocycles. The summed E-state index contributed by atoms with van der Waals surface area (Å²) in [5, 5.41) is 5.69. The first kappa shape index (κ1) is 21.6. The summed E-state index contributed by atoms with van der Waals surface area (Å²) in [7, 11) is 1.37. The van der Waals surface area contributed by atoms with E-state index in [1.165, 1.54) is 11.9 Å². The Morgan fingerprint density at radius 1 is 1.04 bits per heavy atom. The molecule has 10 nitrogen and oxygen atoms in total. The van der Waals surface area contributed by atoms with Crippen LogP contribution in [-0.4, -0.2) is 73.5 Å². The van der Waals surface area contributed by atoms with Gasteiger partial charge in [0.15, 0.2) is 0 Å². The summed E-state index contributed by atoms with van der Waals surface area (Å²) < 4.78 is 0. The first-order chi connectivity index (χ1) is 11.4. The van der Waals surface area contributed by atoms with Crippen molar-refractivity contribution in [3.05, 3.63) is 0 Å². The summed E-state index contributed by atoms with van der Waals surface area (Å²) in [6.07, 6.45) is -0.336. The highest BCUT2D eigenvalue weighted by Crippen LogP contribution is 1.96. The fourth-order valence-electron chi connectivity index (χ4n) is 1.74. The molecular weight excluding hydrogens is 318 g/mol. The molecule has 0 fully saturated rings. The van der Waals surface area contributed by atoms with E-state index in [1.54, 1.807) is 13.8 Å². The van der Waals surface area contributed by atoms with Gasteiger partial charge in [0.05, 0.1) is 13.1 Å². The van der Waals surface area contributed by atoms with Gasteiger partial charge in [-0.3, -0.25) is 14.4 Å². The maximum absolute atomic E-state index is 11.9. The van der Waals surface area contributed by atoms with Crippen molar-refractivity contribution in [2.75, 3.05) is 39.8 Å². The van der Waals surface area contributed by atoms with Crippen molar-refractivity contribution in [3.8, 4) is 0 Å². The number of hydrogen-bond acceptors (Lipinski definition) is 6. The lowest BCUT2D eigenvalue weighted by molar-refractivity contribution is -0.165. The van der Waals surface area contributed by atoms with Gasteiger partial charge in [-0.25, -0.2) is 4.79 Å². The molecule has 0 atom stereocenters. The molecule has 138 valence electrons. The molecule has 24 heavy (non-hydrogen) atoms. The molecule has 0 unspecified atom stereocenters. The van der Waals surface area contributed by atoms with Crippen LogP contribution in [0.5, 0.6) is 0 Å². The zero-order valence-corrected chi connectivity index (χ0v) is 14.5. The second kappa shape index (κ2) is 12.1. The van der Waals surface area contributed by atoms with Crippen LogP contribution in [0.4, 0.5) is 4.79 Å². The van der Waals surface area contributed by atoms with E-state index < -0.39 is 12.0 Å². The minimum atomic E-state index is -0.772. The third-order valence-electron chi connectivity index (χ3n) is 3.00. The van der Waals surface area contributed by atoms with Crippen LogP contribution in [0, 0.1) is 0 Å². The quantitative estimate of drug-likeness (QED) is 0.450. The smallest absolute Gasteiger partial charge is 0.353 e. The van der Waals surface area contributed by atoms with Crippen LogP contribution >= 0.6 is 0 Å². The Kier molecular flexibility index (Phi) is 10.9. The normalized spacial score (nSPS) is 9.83. The lowest BCUT2D eigenvalue weighted by Crippen LogP contribution is -2.45. The second-order valence-electron chi connectivity index (χ2n) is 4.79. The van der Waals surface area contributed by atoms with Crippen LogP contribution in [0.15, 0.2) is 0 Å². The molecule has 0 saturated heterocycles. The molecule has 4 amide bonds. The molecule has 0 aliphatic carbocycles. The van der Waals surface area contributed by atoms with Crippen molar-refractivity contribution in [1.29, 1.82) is 0 Å². The molecule has 0 heterocycles.